The zero-order valence-corrected chi connectivity index (χ0v) is 10.5. The van der Waals surface area contributed by atoms with Gasteiger partial charge in [0.05, 0.1) is 5.41 Å². The van der Waals surface area contributed by atoms with Crippen LogP contribution in [-0.2, 0) is 11.3 Å². The van der Waals surface area contributed by atoms with E-state index in [2.05, 4.69) is 17.0 Å². The molecule has 1 aromatic carbocycles. The number of hydrogen-bond acceptors (Lipinski definition) is 2. The number of carbonyl (C=O) groups is 1. The van der Waals surface area contributed by atoms with Gasteiger partial charge in [-0.15, -0.1) is 0 Å². The zero-order chi connectivity index (χ0) is 12.6. The minimum atomic E-state index is -0.595. The number of fused-ring (bicyclic) bond motifs is 2. The van der Waals surface area contributed by atoms with Crippen LogP contribution in [0, 0.1) is 11.3 Å². The van der Waals surface area contributed by atoms with Gasteiger partial charge in [-0.05, 0) is 30.7 Å². The van der Waals surface area contributed by atoms with E-state index in [1.54, 1.807) is 0 Å². The molecule has 96 valence electrons. The lowest BCUT2D eigenvalue weighted by molar-refractivity contribution is -0.151. The number of likely N-dealkylation sites (tertiary alicyclic amines) is 1. The predicted molar refractivity (Wildman–Crippen MR) is 69.1 cm³/mol. The fourth-order valence-corrected chi connectivity index (χ4v) is 3.62. The third kappa shape index (κ3) is 2.03. The van der Waals surface area contributed by atoms with Crippen LogP contribution in [0.5, 0.6) is 0 Å². The third-order valence-electron chi connectivity index (χ3n) is 4.46. The highest BCUT2D eigenvalue weighted by Crippen LogP contribution is 2.46. The maximum atomic E-state index is 11.5. The van der Waals surface area contributed by atoms with Crippen LogP contribution in [0.4, 0.5) is 0 Å². The van der Waals surface area contributed by atoms with Crippen LogP contribution < -0.4 is 0 Å². The summed E-state index contributed by atoms with van der Waals surface area (Å²) in [4.78, 5) is 13.8. The van der Waals surface area contributed by atoms with Gasteiger partial charge in [-0.1, -0.05) is 30.3 Å². The van der Waals surface area contributed by atoms with Crippen molar-refractivity contribution in [2.45, 2.75) is 25.8 Å². The fourth-order valence-electron chi connectivity index (χ4n) is 3.62. The first-order valence-electron chi connectivity index (χ1n) is 6.68. The van der Waals surface area contributed by atoms with Crippen molar-refractivity contribution in [2.75, 3.05) is 13.1 Å². The van der Waals surface area contributed by atoms with Crippen molar-refractivity contribution >= 4 is 5.97 Å². The number of aliphatic carboxylic acids is 1. The number of carboxylic acids is 1. The average molecular weight is 245 g/mol. The summed E-state index contributed by atoms with van der Waals surface area (Å²) in [5.74, 6) is -0.0127. The zero-order valence-electron chi connectivity index (χ0n) is 10.5. The molecule has 0 spiro atoms. The lowest BCUT2D eigenvalue weighted by atomic mass is 9.82. The maximum absolute atomic E-state index is 11.5. The standard InChI is InChI=1S/C15H19NO2/c17-14(18)15-7-6-13(8-15)10-16(11-15)9-12-4-2-1-3-5-12/h1-5,13H,6-11H2,(H,17,18). The molecule has 18 heavy (non-hydrogen) atoms. The quantitative estimate of drug-likeness (QED) is 0.888. The molecule has 3 rings (SSSR count). The van der Waals surface area contributed by atoms with E-state index >= 15 is 0 Å². The molecule has 1 saturated carbocycles. The Morgan fingerprint density at radius 2 is 2.17 bits per heavy atom. The summed E-state index contributed by atoms with van der Waals surface area (Å²) in [6, 6.07) is 10.3. The van der Waals surface area contributed by atoms with Gasteiger partial charge in [0.2, 0.25) is 0 Å². The number of benzene rings is 1. The van der Waals surface area contributed by atoms with Crippen molar-refractivity contribution in [3.05, 3.63) is 35.9 Å². The van der Waals surface area contributed by atoms with E-state index in [-0.39, 0.29) is 0 Å². The second-order valence-corrected chi connectivity index (χ2v) is 5.85. The average Bonchev–Trinajstić information content (AvgIpc) is 2.68. The summed E-state index contributed by atoms with van der Waals surface area (Å²) >= 11 is 0. The molecule has 1 aliphatic heterocycles. The van der Waals surface area contributed by atoms with Gasteiger partial charge in [-0.3, -0.25) is 9.69 Å². The van der Waals surface area contributed by atoms with Crippen LogP contribution in [0.3, 0.4) is 0 Å². The van der Waals surface area contributed by atoms with Crippen LogP contribution >= 0.6 is 0 Å². The molecule has 2 fully saturated rings. The van der Waals surface area contributed by atoms with Crippen molar-refractivity contribution in [1.29, 1.82) is 0 Å². The molecule has 2 bridgehead atoms. The van der Waals surface area contributed by atoms with Gasteiger partial charge in [0.25, 0.3) is 0 Å². The molecule has 1 heterocycles. The Hall–Kier alpha value is -1.35. The van der Waals surface area contributed by atoms with Gasteiger partial charge < -0.3 is 5.11 Å². The number of carboxylic acid groups (broad SMARTS) is 1. The molecular formula is C15H19NO2. The molecular weight excluding hydrogens is 226 g/mol. The second kappa shape index (κ2) is 4.39. The van der Waals surface area contributed by atoms with E-state index in [1.165, 1.54) is 5.56 Å². The summed E-state index contributed by atoms with van der Waals surface area (Å²) in [6.07, 6.45) is 2.82. The number of rotatable bonds is 3. The molecule has 0 aromatic heterocycles. The second-order valence-electron chi connectivity index (χ2n) is 5.85. The lowest BCUT2D eigenvalue weighted by Gasteiger charge is -2.37. The van der Waals surface area contributed by atoms with Crippen molar-refractivity contribution < 1.29 is 9.90 Å². The summed E-state index contributed by atoms with van der Waals surface area (Å²) < 4.78 is 0. The molecule has 3 nitrogen and oxygen atoms in total. The monoisotopic (exact) mass is 245 g/mol. The highest BCUT2D eigenvalue weighted by molar-refractivity contribution is 5.75. The van der Waals surface area contributed by atoms with Crippen molar-refractivity contribution in [1.82, 2.24) is 4.90 Å². The van der Waals surface area contributed by atoms with Gasteiger partial charge in [-0.25, -0.2) is 0 Å². The van der Waals surface area contributed by atoms with E-state index in [0.29, 0.717) is 12.5 Å². The minimum absolute atomic E-state index is 0.461. The summed E-state index contributed by atoms with van der Waals surface area (Å²) in [5, 5.41) is 9.47. The topological polar surface area (TPSA) is 40.5 Å². The van der Waals surface area contributed by atoms with Gasteiger partial charge in [0, 0.05) is 19.6 Å². The fraction of sp³-hybridized carbons (Fsp3) is 0.533. The first-order valence-corrected chi connectivity index (χ1v) is 6.68. The summed E-state index contributed by atoms with van der Waals surface area (Å²) in [7, 11) is 0. The number of piperidine rings is 1. The Kier molecular flexibility index (Phi) is 2.86. The van der Waals surface area contributed by atoms with Crippen LogP contribution in [0.1, 0.15) is 24.8 Å². The molecule has 1 N–H and O–H groups in total. The van der Waals surface area contributed by atoms with Crippen LogP contribution in [-0.4, -0.2) is 29.1 Å². The largest absolute Gasteiger partial charge is 0.481 e. The lowest BCUT2D eigenvalue weighted by Crippen LogP contribution is -2.46. The smallest absolute Gasteiger partial charge is 0.310 e. The summed E-state index contributed by atoms with van der Waals surface area (Å²) in [5.41, 5.74) is 0.817. The van der Waals surface area contributed by atoms with E-state index in [4.69, 9.17) is 0 Å². The Labute approximate surface area is 107 Å². The molecule has 1 aromatic rings. The van der Waals surface area contributed by atoms with E-state index in [1.807, 2.05) is 18.2 Å². The highest BCUT2D eigenvalue weighted by atomic mass is 16.4. The molecule has 0 amide bonds. The Morgan fingerprint density at radius 1 is 1.39 bits per heavy atom. The first-order chi connectivity index (χ1) is 8.68. The Morgan fingerprint density at radius 3 is 2.89 bits per heavy atom. The van der Waals surface area contributed by atoms with E-state index in [9.17, 15) is 9.90 Å². The van der Waals surface area contributed by atoms with Crippen LogP contribution in [0.2, 0.25) is 0 Å². The Balaban J connectivity index is 1.74. The number of nitrogens with zero attached hydrogens (tertiary/aromatic N) is 1. The number of hydrogen-bond donors (Lipinski definition) is 1. The molecule has 2 atom stereocenters. The minimum Gasteiger partial charge on any atom is -0.481 e. The molecule has 1 aliphatic carbocycles. The van der Waals surface area contributed by atoms with Crippen LogP contribution in [0.25, 0.3) is 0 Å². The SMILES string of the molecule is O=C(O)C12CCC(CN(Cc3ccccc3)C1)C2. The highest BCUT2D eigenvalue weighted by Gasteiger charge is 2.50. The normalized spacial score (nSPS) is 31.4. The molecule has 1 saturated heterocycles. The maximum Gasteiger partial charge on any atom is 0.310 e. The van der Waals surface area contributed by atoms with Crippen molar-refractivity contribution in [2.24, 2.45) is 11.3 Å². The molecule has 2 unspecified atom stereocenters. The van der Waals surface area contributed by atoms with Gasteiger partial charge in [-0.2, -0.15) is 0 Å². The third-order valence-corrected chi connectivity index (χ3v) is 4.46. The molecule has 2 aliphatic rings. The molecule has 0 radical (unpaired) electrons. The molecule has 3 heteroatoms. The van der Waals surface area contributed by atoms with Gasteiger partial charge >= 0.3 is 5.97 Å². The van der Waals surface area contributed by atoms with E-state index in [0.717, 1.165) is 32.4 Å². The van der Waals surface area contributed by atoms with Crippen molar-refractivity contribution in [3.63, 3.8) is 0 Å². The van der Waals surface area contributed by atoms with Crippen molar-refractivity contribution in [3.8, 4) is 0 Å². The van der Waals surface area contributed by atoms with Gasteiger partial charge in [0.15, 0.2) is 0 Å². The van der Waals surface area contributed by atoms with Gasteiger partial charge in [0.1, 0.15) is 0 Å². The van der Waals surface area contributed by atoms with E-state index < -0.39 is 11.4 Å². The van der Waals surface area contributed by atoms with Crippen LogP contribution in [0.15, 0.2) is 30.3 Å². The Bertz CT molecular complexity index is 445. The first kappa shape index (κ1) is 11.7. The summed E-state index contributed by atoms with van der Waals surface area (Å²) in [6.45, 7) is 2.66. The predicted octanol–water partition coefficient (Wildman–Crippen LogP) is 2.37.